The number of likely N-dealkylation sites (N-methyl/N-ethyl adjacent to an activating group) is 1. The van der Waals surface area contributed by atoms with Gasteiger partial charge >= 0.3 is 0 Å². The van der Waals surface area contributed by atoms with Gasteiger partial charge in [0.2, 0.25) is 11.8 Å². The summed E-state index contributed by atoms with van der Waals surface area (Å²) in [4.78, 5) is 30.2. The van der Waals surface area contributed by atoms with Crippen LogP contribution in [0.25, 0.3) is 22.7 Å². The summed E-state index contributed by atoms with van der Waals surface area (Å²) >= 11 is 0. The van der Waals surface area contributed by atoms with Crippen LogP contribution in [-0.4, -0.2) is 95.7 Å². The second-order valence-corrected chi connectivity index (χ2v) is 10.8. The number of methoxy groups -OCH3 is 1. The van der Waals surface area contributed by atoms with Crippen molar-refractivity contribution in [2.75, 3.05) is 58.6 Å². The van der Waals surface area contributed by atoms with Crippen LogP contribution >= 0.6 is 0 Å². The molecule has 3 atom stereocenters. The van der Waals surface area contributed by atoms with Gasteiger partial charge in [-0.2, -0.15) is 10.1 Å². The maximum Gasteiger partial charge on any atom is 0.243 e. The maximum atomic E-state index is 13.5. The molecular formula is C26H35N7O4. The molecule has 4 heterocycles. The van der Waals surface area contributed by atoms with E-state index in [1.54, 1.807) is 19.1 Å². The third-order valence-electron chi connectivity index (χ3n) is 8.33. The van der Waals surface area contributed by atoms with E-state index in [9.17, 15) is 4.79 Å². The van der Waals surface area contributed by atoms with Crippen molar-refractivity contribution in [1.29, 1.82) is 0 Å². The quantitative estimate of drug-likeness (QED) is 0.443. The molecule has 11 heteroatoms. The number of aromatic nitrogens is 5. The monoisotopic (exact) mass is 509 g/mol. The molecule has 198 valence electrons. The molecule has 0 radical (unpaired) electrons. The van der Waals surface area contributed by atoms with E-state index >= 15 is 0 Å². The minimum atomic E-state index is -0.296. The van der Waals surface area contributed by atoms with Crippen LogP contribution < -0.4 is 9.64 Å². The first kappa shape index (κ1) is 24.3. The number of pyridine rings is 1. The van der Waals surface area contributed by atoms with Crippen LogP contribution in [0.3, 0.4) is 0 Å². The lowest BCUT2D eigenvalue weighted by Crippen LogP contribution is -2.50. The minimum absolute atomic E-state index is 0.0377. The molecule has 0 bridgehead atoms. The zero-order valence-corrected chi connectivity index (χ0v) is 22.0. The van der Waals surface area contributed by atoms with Gasteiger partial charge in [0, 0.05) is 38.5 Å². The van der Waals surface area contributed by atoms with E-state index < -0.39 is 0 Å². The van der Waals surface area contributed by atoms with Crippen molar-refractivity contribution < 1.29 is 19.0 Å². The molecule has 11 nitrogen and oxygen atoms in total. The number of amides is 1. The molecule has 3 aromatic heterocycles. The van der Waals surface area contributed by atoms with Crippen molar-refractivity contribution in [3.63, 3.8) is 0 Å². The minimum Gasteiger partial charge on any atom is -0.474 e. The van der Waals surface area contributed by atoms with Gasteiger partial charge in [-0.25, -0.2) is 4.98 Å². The number of rotatable bonds is 8. The Hall–Kier alpha value is -3.02. The van der Waals surface area contributed by atoms with Crippen LogP contribution in [0.1, 0.15) is 31.5 Å². The molecule has 3 aromatic rings. The Morgan fingerprint density at radius 3 is 2.92 bits per heavy atom. The van der Waals surface area contributed by atoms with Crippen molar-refractivity contribution in [2.24, 2.45) is 11.3 Å². The summed E-state index contributed by atoms with van der Waals surface area (Å²) in [5.74, 6) is 1.73. The highest BCUT2D eigenvalue weighted by Gasteiger charge is 2.53. The average Bonchev–Trinajstić information content (AvgIpc) is 3.20. The predicted octanol–water partition coefficient (Wildman–Crippen LogP) is 2.18. The van der Waals surface area contributed by atoms with Gasteiger partial charge in [0.1, 0.15) is 23.5 Å². The summed E-state index contributed by atoms with van der Waals surface area (Å²) in [5.41, 5.74) is 5.57. The van der Waals surface area contributed by atoms with Crippen LogP contribution in [-0.2, 0) is 27.1 Å². The number of morpholine rings is 1. The van der Waals surface area contributed by atoms with Crippen molar-refractivity contribution >= 4 is 22.8 Å². The lowest BCUT2D eigenvalue weighted by Gasteiger charge is -2.33. The Morgan fingerprint density at radius 1 is 1.32 bits per heavy atom. The zero-order chi connectivity index (χ0) is 25.7. The standard InChI is InChI=1S/C26H35N7O4/c1-15(33-5-7-36-8-6-33)25(34)32(3)20-12-18-22(29-24(20)37-10-9-35-4)28-23(27-18)21-17-11-16-13-26(16,2)14-19(17)30-31-21/h12,15-16H,5-11,13-14H2,1-4H3,(H,30,31)(H,27,28,29)/t15?,16-,26-/m1/s1. The summed E-state index contributed by atoms with van der Waals surface area (Å²) in [7, 11) is 3.38. The van der Waals surface area contributed by atoms with Gasteiger partial charge in [-0.15, -0.1) is 0 Å². The molecular weight excluding hydrogens is 474 g/mol. The number of hydrogen-bond acceptors (Lipinski definition) is 8. The number of nitrogens with one attached hydrogen (secondary N) is 2. The third kappa shape index (κ3) is 4.38. The normalized spacial score (nSPS) is 23.9. The number of aromatic amines is 2. The highest BCUT2D eigenvalue weighted by atomic mass is 16.5. The van der Waals surface area contributed by atoms with E-state index in [0.717, 1.165) is 37.5 Å². The van der Waals surface area contributed by atoms with E-state index in [1.807, 2.05) is 13.0 Å². The molecule has 0 spiro atoms. The molecule has 1 saturated heterocycles. The lowest BCUT2D eigenvalue weighted by molar-refractivity contribution is -0.124. The zero-order valence-electron chi connectivity index (χ0n) is 22.0. The number of carbonyl (C=O) groups excluding carboxylic acids is 1. The first-order valence-electron chi connectivity index (χ1n) is 13.1. The van der Waals surface area contributed by atoms with Crippen LogP contribution in [0, 0.1) is 11.3 Å². The van der Waals surface area contributed by atoms with Gasteiger partial charge in [0.05, 0.1) is 25.9 Å². The number of H-pyrrole nitrogens is 2. The summed E-state index contributed by atoms with van der Waals surface area (Å²) < 4.78 is 16.6. The number of ether oxygens (including phenoxy) is 3. The molecule has 1 amide bonds. The number of fused-ring (bicyclic) bond motifs is 3. The van der Waals surface area contributed by atoms with Crippen molar-refractivity contribution in [1.82, 2.24) is 30.0 Å². The van der Waals surface area contributed by atoms with Gasteiger partial charge in [0.25, 0.3) is 0 Å². The molecule has 3 aliphatic rings. The Labute approximate surface area is 215 Å². The fourth-order valence-electron chi connectivity index (χ4n) is 5.77. The third-order valence-corrected chi connectivity index (χ3v) is 8.33. The van der Waals surface area contributed by atoms with Gasteiger partial charge in [-0.05, 0) is 43.6 Å². The number of nitrogens with zero attached hydrogens (tertiary/aromatic N) is 5. The molecule has 6 rings (SSSR count). The van der Waals surface area contributed by atoms with E-state index in [1.165, 1.54) is 17.7 Å². The molecule has 0 aromatic carbocycles. The highest BCUT2D eigenvalue weighted by Crippen LogP contribution is 2.59. The largest absolute Gasteiger partial charge is 0.474 e. The topological polar surface area (TPSA) is 121 Å². The molecule has 2 N–H and O–H groups in total. The average molecular weight is 510 g/mol. The number of imidazole rings is 1. The van der Waals surface area contributed by atoms with Gasteiger partial charge in [-0.3, -0.25) is 14.8 Å². The molecule has 1 unspecified atom stereocenters. The first-order chi connectivity index (χ1) is 17.9. The Balaban J connectivity index is 1.32. The first-order valence-corrected chi connectivity index (χ1v) is 13.1. The van der Waals surface area contributed by atoms with E-state index in [4.69, 9.17) is 24.2 Å². The Bertz CT molecular complexity index is 1310. The summed E-state index contributed by atoms with van der Waals surface area (Å²) in [5, 5.41) is 7.87. The van der Waals surface area contributed by atoms with Gasteiger partial charge in [0.15, 0.2) is 11.5 Å². The van der Waals surface area contributed by atoms with Crippen LogP contribution in [0.15, 0.2) is 6.07 Å². The lowest BCUT2D eigenvalue weighted by atomic mass is 9.88. The molecule has 1 aliphatic heterocycles. The second-order valence-electron chi connectivity index (χ2n) is 10.8. The van der Waals surface area contributed by atoms with Gasteiger partial charge in [-0.1, -0.05) is 6.92 Å². The Morgan fingerprint density at radius 2 is 2.14 bits per heavy atom. The van der Waals surface area contributed by atoms with Crippen LogP contribution in [0.5, 0.6) is 5.88 Å². The molecule has 37 heavy (non-hydrogen) atoms. The second kappa shape index (κ2) is 9.38. The van der Waals surface area contributed by atoms with Crippen LogP contribution in [0.4, 0.5) is 5.69 Å². The smallest absolute Gasteiger partial charge is 0.243 e. The summed E-state index contributed by atoms with van der Waals surface area (Å²) in [6.07, 6.45) is 3.33. The van der Waals surface area contributed by atoms with E-state index in [0.29, 0.717) is 60.4 Å². The van der Waals surface area contributed by atoms with Gasteiger partial charge < -0.3 is 24.1 Å². The number of carbonyl (C=O) groups is 1. The fraction of sp³-hybridized carbons (Fsp3) is 0.615. The number of anilines is 1. The molecule has 2 fully saturated rings. The molecule has 1 saturated carbocycles. The van der Waals surface area contributed by atoms with E-state index in [2.05, 4.69) is 27.0 Å². The number of hydrogen-bond donors (Lipinski definition) is 2. The summed E-state index contributed by atoms with van der Waals surface area (Å²) in [6, 6.07) is 1.57. The van der Waals surface area contributed by atoms with Crippen molar-refractivity contribution in [3.8, 4) is 17.4 Å². The van der Waals surface area contributed by atoms with Crippen molar-refractivity contribution in [3.05, 3.63) is 17.3 Å². The predicted molar refractivity (Wildman–Crippen MR) is 138 cm³/mol. The van der Waals surface area contributed by atoms with Crippen LogP contribution in [0.2, 0.25) is 0 Å². The van der Waals surface area contributed by atoms with Crippen molar-refractivity contribution in [2.45, 2.75) is 39.2 Å². The fourth-order valence-corrected chi connectivity index (χ4v) is 5.77. The molecule has 2 aliphatic carbocycles. The summed E-state index contributed by atoms with van der Waals surface area (Å²) in [6.45, 7) is 7.74. The highest BCUT2D eigenvalue weighted by molar-refractivity contribution is 5.99. The SMILES string of the molecule is COCCOc1nc2[nH]c(-c3n[nH]c4c3C[C@@H]3C[C@]3(C)C4)nc2cc1N(C)C(=O)C(C)N1CCOCC1. The maximum absolute atomic E-state index is 13.5. The van der Waals surface area contributed by atoms with E-state index in [-0.39, 0.29) is 11.9 Å². The Kier molecular flexibility index (Phi) is 6.16.